The van der Waals surface area contributed by atoms with Crippen LogP contribution in [0.4, 0.5) is 5.95 Å². The predicted molar refractivity (Wildman–Crippen MR) is 132 cm³/mol. The summed E-state index contributed by atoms with van der Waals surface area (Å²) in [6, 6.07) is 20.5. The summed E-state index contributed by atoms with van der Waals surface area (Å²) in [6.07, 6.45) is 5.02. The zero-order chi connectivity index (χ0) is 22.5. The third kappa shape index (κ3) is 5.07. The van der Waals surface area contributed by atoms with Crippen molar-refractivity contribution in [2.75, 3.05) is 7.11 Å². The number of aliphatic imine (C=N–C) groups is 1. The maximum absolute atomic E-state index is 10.4. The number of halogens is 2. The molecule has 0 saturated heterocycles. The second kappa shape index (κ2) is 9.80. The van der Waals surface area contributed by atoms with E-state index in [1.165, 1.54) is 13.3 Å². The van der Waals surface area contributed by atoms with Gasteiger partial charge in [-0.2, -0.15) is 5.10 Å². The van der Waals surface area contributed by atoms with E-state index < -0.39 is 0 Å². The molecule has 6 nitrogen and oxygen atoms in total. The van der Waals surface area contributed by atoms with Gasteiger partial charge in [-0.15, -0.1) is 0 Å². The second-order valence-electron chi connectivity index (χ2n) is 6.74. The maximum Gasteiger partial charge on any atom is 0.251 e. The monoisotopic (exact) mass is 508 g/mol. The predicted octanol–water partition coefficient (Wildman–Crippen LogP) is 6.31. The molecule has 0 radical (unpaired) electrons. The number of ether oxygens (including phenoxy) is 1. The Hall–Kier alpha value is -3.42. The van der Waals surface area contributed by atoms with Crippen molar-refractivity contribution in [2.45, 2.75) is 0 Å². The molecule has 0 amide bonds. The minimum atomic E-state index is -0.00879. The summed E-state index contributed by atoms with van der Waals surface area (Å²) in [5.74, 6) is 0.688. The first-order chi connectivity index (χ1) is 15.5. The second-order valence-corrected chi connectivity index (χ2v) is 8.09. The van der Waals surface area contributed by atoms with Gasteiger partial charge in [0.05, 0.1) is 25.2 Å². The Morgan fingerprint density at radius 1 is 1.06 bits per heavy atom. The minimum Gasteiger partial charge on any atom is -0.504 e. The fourth-order valence-corrected chi connectivity index (χ4v) is 3.52. The molecule has 1 heterocycles. The number of benzene rings is 3. The van der Waals surface area contributed by atoms with Gasteiger partial charge in [-0.1, -0.05) is 70.0 Å². The summed E-state index contributed by atoms with van der Waals surface area (Å²) in [7, 11) is 1.49. The number of hydrogen-bond acceptors (Lipinski definition) is 5. The largest absolute Gasteiger partial charge is 0.504 e. The molecule has 0 aliphatic carbocycles. The molecule has 3 aromatic carbocycles. The van der Waals surface area contributed by atoms with E-state index in [1.807, 2.05) is 42.5 Å². The molecule has 4 aromatic rings. The molecule has 0 bridgehead atoms. The molecule has 0 unspecified atom stereocenters. The van der Waals surface area contributed by atoms with Gasteiger partial charge in [-0.3, -0.25) is 0 Å². The highest BCUT2D eigenvalue weighted by Gasteiger charge is 2.11. The number of imidazole rings is 1. The lowest BCUT2D eigenvalue weighted by Gasteiger charge is -2.06. The summed E-state index contributed by atoms with van der Waals surface area (Å²) in [6.45, 7) is 0. The Labute approximate surface area is 198 Å². The fourth-order valence-electron chi connectivity index (χ4n) is 2.94. The van der Waals surface area contributed by atoms with Crippen LogP contribution in [0, 0.1) is 0 Å². The van der Waals surface area contributed by atoms with Crippen LogP contribution in [0.3, 0.4) is 0 Å². The molecule has 0 saturated carbocycles. The number of nitrogens with zero attached hydrogens (tertiary/aromatic N) is 4. The average molecular weight is 510 g/mol. The van der Waals surface area contributed by atoms with Crippen molar-refractivity contribution < 1.29 is 9.84 Å². The van der Waals surface area contributed by atoms with E-state index in [1.54, 1.807) is 41.4 Å². The van der Waals surface area contributed by atoms with Gasteiger partial charge in [0.2, 0.25) is 0 Å². The number of rotatable bonds is 6. The van der Waals surface area contributed by atoms with Crippen LogP contribution in [-0.4, -0.2) is 34.3 Å². The van der Waals surface area contributed by atoms with Crippen LogP contribution in [0.1, 0.15) is 11.1 Å². The minimum absolute atomic E-state index is 0.00879. The van der Waals surface area contributed by atoms with Crippen molar-refractivity contribution in [1.29, 1.82) is 0 Å². The number of methoxy groups -OCH3 is 1. The average Bonchev–Trinajstić information content (AvgIpc) is 3.22. The molecule has 1 aromatic heterocycles. The maximum atomic E-state index is 10.4. The van der Waals surface area contributed by atoms with Gasteiger partial charge in [0.25, 0.3) is 5.95 Å². The summed E-state index contributed by atoms with van der Waals surface area (Å²) < 4.78 is 7.54. The van der Waals surface area contributed by atoms with Gasteiger partial charge >= 0.3 is 0 Å². The van der Waals surface area contributed by atoms with Crippen LogP contribution in [0.2, 0.25) is 5.02 Å². The van der Waals surface area contributed by atoms with Gasteiger partial charge in [0.1, 0.15) is 0 Å². The van der Waals surface area contributed by atoms with E-state index in [0.29, 0.717) is 22.3 Å². The molecule has 8 heteroatoms. The Balaban J connectivity index is 1.73. The summed E-state index contributed by atoms with van der Waals surface area (Å²) in [5.41, 5.74) is 3.03. The molecule has 32 heavy (non-hydrogen) atoms. The Morgan fingerprint density at radius 3 is 2.53 bits per heavy atom. The van der Waals surface area contributed by atoms with Crippen LogP contribution >= 0.6 is 27.5 Å². The van der Waals surface area contributed by atoms with Crippen LogP contribution in [0.15, 0.2) is 87.5 Å². The van der Waals surface area contributed by atoms with Crippen molar-refractivity contribution >= 4 is 45.9 Å². The van der Waals surface area contributed by atoms with Gasteiger partial charge in [-0.25, -0.2) is 14.7 Å². The van der Waals surface area contributed by atoms with E-state index in [9.17, 15) is 5.11 Å². The molecule has 0 fully saturated rings. The topological polar surface area (TPSA) is 72.0 Å². The highest BCUT2D eigenvalue weighted by molar-refractivity contribution is 9.10. The molecule has 0 aliphatic rings. The summed E-state index contributed by atoms with van der Waals surface area (Å²) in [5, 5.41) is 15.6. The Bertz CT molecular complexity index is 1290. The zero-order valence-electron chi connectivity index (χ0n) is 17.0. The molecular weight excluding hydrogens is 492 g/mol. The SMILES string of the molecule is COc1cc(Br)cc(/C=N\c2nc(-c3ccccc3)cn2/N=C\c2ccc(Cl)cc2)c1O. The quantitative estimate of drug-likeness (QED) is 0.309. The number of aromatic hydroxyl groups is 1. The molecule has 1 N–H and O–H groups in total. The normalized spacial score (nSPS) is 11.5. The summed E-state index contributed by atoms with van der Waals surface area (Å²) >= 11 is 9.37. The lowest BCUT2D eigenvalue weighted by molar-refractivity contribution is 0.373. The third-order valence-electron chi connectivity index (χ3n) is 4.55. The molecule has 4 rings (SSSR count). The Kier molecular flexibility index (Phi) is 6.68. The van der Waals surface area contributed by atoms with E-state index >= 15 is 0 Å². The lowest BCUT2D eigenvalue weighted by atomic mass is 10.2. The molecule has 0 aliphatic heterocycles. The summed E-state index contributed by atoms with van der Waals surface area (Å²) in [4.78, 5) is 9.10. The lowest BCUT2D eigenvalue weighted by Crippen LogP contribution is -1.91. The van der Waals surface area contributed by atoms with Gasteiger partial charge in [0.15, 0.2) is 11.5 Å². The van der Waals surface area contributed by atoms with Crippen LogP contribution in [0.5, 0.6) is 11.5 Å². The number of hydrogen-bond donors (Lipinski definition) is 1. The highest BCUT2D eigenvalue weighted by Crippen LogP contribution is 2.33. The first-order valence-electron chi connectivity index (χ1n) is 9.59. The van der Waals surface area contributed by atoms with E-state index in [4.69, 9.17) is 16.3 Å². The molecule has 0 atom stereocenters. The Morgan fingerprint density at radius 2 is 1.81 bits per heavy atom. The third-order valence-corrected chi connectivity index (χ3v) is 5.26. The van der Waals surface area contributed by atoms with Crippen molar-refractivity contribution in [3.05, 3.63) is 93.5 Å². The standard InChI is InChI=1S/C24H18BrClN4O2/c1-32-22-12-19(25)11-18(23(22)31)14-27-24-29-21(17-5-3-2-4-6-17)15-30(24)28-13-16-7-9-20(26)10-8-16/h2-15,31H,1H3/b27-14-,28-13-. The van der Waals surface area contributed by atoms with Crippen molar-refractivity contribution in [2.24, 2.45) is 10.1 Å². The van der Waals surface area contributed by atoms with E-state index in [2.05, 4.69) is 31.0 Å². The van der Waals surface area contributed by atoms with Gasteiger partial charge in [0, 0.05) is 26.8 Å². The van der Waals surface area contributed by atoms with Crippen LogP contribution in [-0.2, 0) is 0 Å². The molecule has 160 valence electrons. The zero-order valence-corrected chi connectivity index (χ0v) is 19.3. The van der Waals surface area contributed by atoms with E-state index in [0.717, 1.165) is 21.3 Å². The smallest absolute Gasteiger partial charge is 0.251 e. The molecule has 0 spiro atoms. The first kappa shape index (κ1) is 21.8. The van der Waals surface area contributed by atoms with Crippen LogP contribution < -0.4 is 4.74 Å². The number of phenols is 1. The number of aromatic nitrogens is 2. The number of phenolic OH excluding ortho intramolecular Hbond substituents is 1. The van der Waals surface area contributed by atoms with Crippen LogP contribution in [0.25, 0.3) is 11.3 Å². The van der Waals surface area contributed by atoms with E-state index in [-0.39, 0.29) is 5.75 Å². The first-order valence-corrected chi connectivity index (χ1v) is 10.8. The van der Waals surface area contributed by atoms with Crippen molar-refractivity contribution in [3.8, 4) is 22.8 Å². The van der Waals surface area contributed by atoms with Gasteiger partial charge in [-0.05, 0) is 29.8 Å². The highest BCUT2D eigenvalue weighted by atomic mass is 79.9. The van der Waals surface area contributed by atoms with Crippen molar-refractivity contribution in [1.82, 2.24) is 9.66 Å². The van der Waals surface area contributed by atoms with Crippen molar-refractivity contribution in [3.63, 3.8) is 0 Å². The molecular formula is C24H18BrClN4O2. The fraction of sp³-hybridized carbons (Fsp3) is 0.0417. The van der Waals surface area contributed by atoms with Gasteiger partial charge < -0.3 is 9.84 Å².